The van der Waals surface area contributed by atoms with Gasteiger partial charge in [0.25, 0.3) is 22.2 Å². The Morgan fingerprint density at radius 1 is 0.377 bits per heavy atom. The van der Waals surface area contributed by atoms with E-state index >= 15 is 0 Å². The largest absolute Gasteiger partial charge is 1.00 e. The average molecular weight is 2390 g/mol. The number of hydrogen-bond acceptors (Lipinski definition) is 31. The number of methoxy groups -OCH3 is 4. The maximum atomic E-state index is 14.2. The van der Waals surface area contributed by atoms with Crippen LogP contribution in [0.3, 0.4) is 0 Å². The van der Waals surface area contributed by atoms with Crippen LogP contribution in [0.5, 0.6) is 24.0 Å². The Morgan fingerprint density at radius 2 is 0.658 bits per heavy atom. The van der Waals surface area contributed by atoms with E-state index in [1.807, 2.05) is 263 Å². The molecule has 0 aliphatic carbocycles. The summed E-state index contributed by atoms with van der Waals surface area (Å²) in [7, 11) is 4.45. The second-order valence-corrected chi connectivity index (χ2v) is 35.7. The number of halogens is 7. The van der Waals surface area contributed by atoms with Gasteiger partial charge < -0.3 is 80.3 Å². The summed E-state index contributed by atoms with van der Waals surface area (Å²) >= 11 is 29.6. The van der Waals surface area contributed by atoms with E-state index < -0.39 is 7.12 Å². The minimum atomic E-state index is -1.53. The van der Waals surface area contributed by atoms with Crippen LogP contribution in [0.4, 0.5) is 17.6 Å². The summed E-state index contributed by atoms with van der Waals surface area (Å²) in [4.78, 5) is 112. The van der Waals surface area contributed by atoms with E-state index in [0.29, 0.717) is 43.4 Å². The van der Waals surface area contributed by atoms with Gasteiger partial charge in [0.05, 0.1) is 77.8 Å². The van der Waals surface area contributed by atoms with Gasteiger partial charge in [-0.15, -0.1) is 0 Å². The molecule has 0 spiro atoms. The first-order valence-electron chi connectivity index (χ1n) is 43.0. The molecule has 36 nitrogen and oxygen atoms in total. The molecule has 4 atom stereocenters. The van der Waals surface area contributed by atoms with Crippen LogP contribution < -0.4 is 110 Å². The zero-order chi connectivity index (χ0) is 102. The molecule has 45 heteroatoms. The van der Waals surface area contributed by atoms with E-state index in [1.165, 1.54) is 40.8 Å². The average Bonchev–Trinajstić information content (AvgIpc) is 0.760. The zero-order valence-electron chi connectivity index (χ0n) is 79.3. The Morgan fingerprint density at radius 3 is 0.973 bits per heavy atom. The third kappa shape index (κ3) is 27.6. The zero-order valence-corrected chi connectivity index (χ0v) is 90.8. The summed E-state index contributed by atoms with van der Waals surface area (Å²) in [6.07, 6.45) is 17.4. The number of rotatable bonds is 20. The number of ether oxygens (including phenoxy) is 4. The van der Waals surface area contributed by atoms with Crippen LogP contribution in [0.15, 0.2) is 306 Å². The summed E-state index contributed by atoms with van der Waals surface area (Å²) in [5.74, 6) is 1.38. The van der Waals surface area contributed by atoms with Crippen molar-refractivity contribution in [3.63, 3.8) is 0 Å². The number of hydrogen-bond donors (Lipinski definition) is 8. The molecule has 0 radical (unpaired) electrons. The Labute approximate surface area is 919 Å². The number of nitrogens with two attached hydrogens (primary N) is 3. The fourth-order valence-corrected chi connectivity index (χ4v) is 16.7. The van der Waals surface area contributed by atoms with Gasteiger partial charge in [0.1, 0.15) is 16.8 Å². The molecule has 0 saturated heterocycles. The third-order valence-corrected chi connectivity index (χ3v) is 25.1. The molecular weight excluding hydrogens is 2300 g/mol. The van der Waals surface area contributed by atoms with Crippen LogP contribution in [0.1, 0.15) is 74.6 Å². The molecule has 11 aromatic heterocycles. The molecule has 15 N–H and O–H groups in total. The second-order valence-electron chi connectivity index (χ2n) is 30.8. The number of nitrogens with zero attached hydrogens (tertiary/aromatic N) is 19. The molecule has 0 aliphatic heterocycles. The fourth-order valence-electron chi connectivity index (χ4n) is 14.9. The van der Waals surface area contributed by atoms with Crippen LogP contribution in [-0.2, 0) is 0 Å². The predicted octanol–water partition coefficient (Wildman–Crippen LogP) is 14.4. The number of nitrogens with one attached hydrogen (secondary N) is 2. The minimum Gasteiger partial charge on any atom is -0.512 e. The third-order valence-electron chi connectivity index (χ3n) is 21.5. The number of fused-ring (bicyclic) bond motifs is 4. The molecule has 146 heavy (non-hydrogen) atoms. The van der Waals surface area contributed by atoms with Gasteiger partial charge in [-0.1, -0.05) is 163 Å². The molecule has 738 valence electrons. The monoisotopic (exact) mass is 2380 g/mol. The van der Waals surface area contributed by atoms with Gasteiger partial charge in [-0.05, 0) is 236 Å². The summed E-state index contributed by atoms with van der Waals surface area (Å²) in [5, 5.41) is 37.0. The van der Waals surface area contributed by atoms with Crippen molar-refractivity contribution in [1.29, 1.82) is 5.26 Å². The molecule has 0 saturated carbocycles. The Bertz CT molecular complexity index is 7750. The topological polar surface area (TPSA) is 538 Å². The molecule has 0 amide bonds. The van der Waals surface area contributed by atoms with Gasteiger partial charge >= 0.3 is 60.7 Å². The smallest absolute Gasteiger partial charge is 0.512 e. The van der Waals surface area contributed by atoms with Crippen LogP contribution >= 0.6 is 114 Å². The van der Waals surface area contributed by atoms with E-state index in [9.17, 15) is 19.2 Å². The first-order valence-corrected chi connectivity index (χ1v) is 47.8. The maximum absolute atomic E-state index is 14.2. The minimum absolute atomic E-state index is 0. The number of aromatic nitrogens is 18. The van der Waals surface area contributed by atoms with Crippen LogP contribution in [0.25, 0.3) is 99.2 Å². The summed E-state index contributed by atoms with van der Waals surface area (Å²) in [6, 6.07) is 68.6. The molecule has 0 unspecified atom stereocenters. The summed E-state index contributed by atoms with van der Waals surface area (Å²) in [5.41, 5.74) is 28.3. The number of pyridine rings is 4. The van der Waals surface area contributed by atoms with Crippen molar-refractivity contribution in [2.45, 2.75) is 51.9 Å². The van der Waals surface area contributed by atoms with Gasteiger partial charge in [0.2, 0.25) is 16.5 Å². The molecular formula is C101H90BCl4I3N25NaO11. The molecule has 19 rings (SSSR count). The summed E-state index contributed by atoms with van der Waals surface area (Å²) in [6.45, 7) is 12.5. The first-order chi connectivity index (χ1) is 69.0. The molecule has 0 bridgehead atoms. The molecule has 8 aromatic carbocycles. The van der Waals surface area contributed by atoms with Crippen molar-refractivity contribution in [3.05, 3.63) is 389 Å². The van der Waals surface area contributed by atoms with Gasteiger partial charge in [-0.2, -0.15) is 9.97 Å². The summed E-state index contributed by atoms with van der Waals surface area (Å²) < 4.78 is 29.1. The SMILES string of the molecule is COc1ncc(-c2cccc3cc([C@H](C)N)n(-c4ccccc4)c(=O)c23)cn1.COc1ncc(-c2cccc3cc([C@H](C)Nc4nc(Cl)ncc4I)n(-c4ccccc4)c(=O)c23)cn1.COc1ncc(-c2cccc3cc([C@H](C)Nc4nc(N)ncc4I)n(-c4ccccc4)c(=O)c23)cn1.COc1ncc(B(O)O)cn1.C[C@H](N)c1cc2cccc(Cl)c2c(=O)n1-c1ccccc1.Clc1ncc(I)c(Cl)n1.N.O.[C-]#N.[Na+]. The van der Waals surface area contributed by atoms with E-state index in [0.717, 1.165) is 111 Å². The second kappa shape index (κ2) is 54.0. The van der Waals surface area contributed by atoms with Gasteiger partial charge in [0, 0.05) is 148 Å². The Kier molecular flexibility index (Phi) is 42.3. The Hall–Kier alpha value is -13.6. The Balaban J connectivity index is 0.000000187. The number of nitrogen functional groups attached to an aromatic ring is 1. The van der Waals surface area contributed by atoms with Crippen molar-refractivity contribution < 1.29 is 64.0 Å². The standard InChI is InChI=1S/C26H20ClIN6O2.C26H22IN7O2.C22H20N4O2.C17H15ClN2O.C5H7BN2O3.C4HCl2IN2.CN.H3N.Na.H2O/c1-15(32-23-20(28)14-29-25(27)33-23)21-11-16-7-6-10-19(17-12-30-26(36-2)31-13-17)22(16)24(35)34(21)18-8-4-3-5-9-18;1-15(32-23-20(27)14-29-25(28)33-23)21-11-16-7-6-10-19(17-12-30-26(36-2)31-13-17)22(16)24(35)34(21)18-8-4-3-5-9-18;1-14(23)19-11-15-7-6-10-18(16-12-24-22(28-2)25-13-16)20(15)21(27)26(19)17-8-4-3-5-9-17;1-11(19)15-10-12-6-5-9-14(18)16(12)17(21)20(15)13-7-3-2-4-8-13;1-11-5-7-2-4(3-8-5)6(9)10;5-3-2(7)1-8-4(6)9-3;1-2;;;/h3-15H,1-2H3,(H,29,32,33);3-15H,1-2H3,(H3,28,29,32,33);3-14H,23H2,1-2H3;2-11H,19H2,1H3;2-3,9-10H,1H3;1H;;1H3;;1H2/q;;;;;;-1;;+1;/t2*15-;14-;11-;;;;;;/m0000....../s1. The van der Waals surface area contributed by atoms with E-state index in [1.54, 1.807) is 80.1 Å². The van der Waals surface area contributed by atoms with Crippen molar-refractivity contribution in [3.8, 4) is 80.2 Å². The predicted molar refractivity (Wildman–Crippen MR) is 591 cm³/mol. The van der Waals surface area contributed by atoms with Crippen molar-refractivity contribution in [2.75, 3.05) is 44.8 Å². The van der Waals surface area contributed by atoms with Crippen LogP contribution in [0.2, 0.25) is 20.7 Å². The molecule has 11 heterocycles. The molecule has 0 aliphatic rings. The van der Waals surface area contributed by atoms with Crippen molar-refractivity contribution >= 4 is 187 Å². The van der Waals surface area contributed by atoms with Crippen LogP contribution in [0, 0.1) is 22.5 Å². The number of anilines is 3. The number of para-hydroxylation sites is 4. The normalized spacial score (nSPS) is 11.3. The van der Waals surface area contributed by atoms with Crippen LogP contribution in [-0.4, -0.2) is 139 Å². The molecule has 0 fully saturated rings. The first kappa shape index (κ1) is 114. The van der Waals surface area contributed by atoms with Crippen molar-refractivity contribution in [1.82, 2.24) is 94.2 Å². The van der Waals surface area contributed by atoms with Gasteiger partial charge in [0.15, 0.2) is 0 Å². The number of benzene rings is 8. The molecule has 19 aromatic rings. The van der Waals surface area contributed by atoms with Gasteiger partial charge in [-0.3, -0.25) is 37.4 Å². The van der Waals surface area contributed by atoms with E-state index in [4.69, 9.17) is 99.7 Å². The van der Waals surface area contributed by atoms with E-state index in [-0.39, 0.29) is 134 Å². The maximum Gasteiger partial charge on any atom is 1.00 e. The van der Waals surface area contributed by atoms with Gasteiger partial charge in [-0.25, -0.2) is 59.8 Å². The van der Waals surface area contributed by atoms with Crippen molar-refractivity contribution in [2.24, 2.45) is 11.5 Å². The fraction of sp³-hybridized carbons (Fsp3) is 0.119. The van der Waals surface area contributed by atoms with E-state index in [2.05, 4.69) is 130 Å². The quantitative estimate of drug-likeness (QED) is 0.0115.